The molecule has 1 spiro atoms. The minimum Gasteiger partial charge on any atom is -0.390 e. The van der Waals surface area contributed by atoms with E-state index < -0.39 is 11.6 Å². The van der Waals surface area contributed by atoms with Gasteiger partial charge in [0.15, 0.2) is 0 Å². The fraction of sp³-hybridized carbons (Fsp3) is 0.452. The van der Waals surface area contributed by atoms with Gasteiger partial charge in [0.25, 0.3) is 0 Å². The molecule has 0 radical (unpaired) electrons. The summed E-state index contributed by atoms with van der Waals surface area (Å²) in [5.74, 6) is -0.218. The fourth-order valence-corrected chi connectivity index (χ4v) is 6.23. The number of hydrogen-bond acceptors (Lipinski definition) is 5. The topological polar surface area (TPSA) is 50.3 Å². The number of piperidine rings is 1. The molecule has 2 aliphatic heterocycles. The SMILES string of the molecule is CCN(C)C[C@H](O)CN1CN(c2ccc(F)cc2)C2(CCN(Cc3cccc4cccc(C)c34)CC2)C1=O. The lowest BCUT2D eigenvalue weighted by Crippen LogP contribution is -2.56. The van der Waals surface area contributed by atoms with E-state index in [1.54, 1.807) is 17.0 Å². The van der Waals surface area contributed by atoms with Crippen LogP contribution < -0.4 is 4.90 Å². The number of fused-ring (bicyclic) bond motifs is 1. The van der Waals surface area contributed by atoms with Crippen LogP contribution >= 0.6 is 0 Å². The first-order valence-electron chi connectivity index (χ1n) is 13.7. The first-order valence-corrected chi connectivity index (χ1v) is 13.7. The molecule has 0 unspecified atom stereocenters. The Labute approximate surface area is 225 Å². The zero-order chi connectivity index (χ0) is 26.9. The molecule has 0 aromatic heterocycles. The molecule has 1 amide bonds. The van der Waals surface area contributed by atoms with Crippen LogP contribution in [0.5, 0.6) is 0 Å². The van der Waals surface area contributed by atoms with Crippen LogP contribution in [0.2, 0.25) is 0 Å². The first kappa shape index (κ1) is 26.6. The van der Waals surface area contributed by atoms with Crippen molar-refractivity contribution in [2.75, 3.05) is 51.3 Å². The Kier molecular flexibility index (Phi) is 7.70. The van der Waals surface area contributed by atoms with Gasteiger partial charge in [-0.2, -0.15) is 0 Å². The Morgan fingerprint density at radius 1 is 1.05 bits per heavy atom. The number of nitrogens with zero attached hydrogens (tertiary/aromatic N) is 4. The van der Waals surface area contributed by atoms with E-state index in [4.69, 9.17) is 0 Å². The molecule has 1 N–H and O–H groups in total. The van der Waals surface area contributed by atoms with Crippen molar-refractivity contribution in [3.8, 4) is 0 Å². The third-order valence-electron chi connectivity index (χ3n) is 8.42. The van der Waals surface area contributed by atoms with Crippen molar-refractivity contribution >= 4 is 22.4 Å². The third kappa shape index (κ3) is 5.15. The maximum atomic E-state index is 14.0. The Bertz CT molecular complexity index is 1270. The summed E-state index contributed by atoms with van der Waals surface area (Å²) in [5, 5.41) is 13.3. The number of benzene rings is 3. The van der Waals surface area contributed by atoms with E-state index in [1.807, 2.05) is 18.9 Å². The molecule has 0 bridgehead atoms. The molecule has 2 heterocycles. The number of likely N-dealkylation sites (N-methyl/N-ethyl adjacent to an activating group) is 1. The van der Waals surface area contributed by atoms with E-state index in [-0.39, 0.29) is 11.7 Å². The van der Waals surface area contributed by atoms with Crippen LogP contribution in [0.3, 0.4) is 0 Å². The van der Waals surface area contributed by atoms with Gasteiger partial charge in [-0.25, -0.2) is 4.39 Å². The van der Waals surface area contributed by atoms with Crippen LogP contribution in [0.15, 0.2) is 60.7 Å². The highest BCUT2D eigenvalue weighted by molar-refractivity contribution is 5.93. The standard InChI is InChI=1S/C31H39FN4O2/c1-4-33(3)20-28(37)21-35-22-36(27-13-11-26(32)12-14-27)31(30(35)38)15-17-34(18-16-31)19-25-10-6-9-24-8-5-7-23(2)29(24)25/h5-14,28,37H,4,15-22H2,1-3H3/t28-/m0/s1. The minimum absolute atomic E-state index is 0.0701. The second-order valence-electron chi connectivity index (χ2n) is 11.0. The second kappa shape index (κ2) is 11.0. The van der Waals surface area contributed by atoms with Crippen molar-refractivity contribution in [3.05, 3.63) is 77.6 Å². The number of carbonyl (C=O) groups is 1. The van der Waals surface area contributed by atoms with Crippen LogP contribution in [0.4, 0.5) is 10.1 Å². The number of β-amino-alcohol motifs (C(OH)–C–C–N with tert-alkyl or cyclic N) is 1. The van der Waals surface area contributed by atoms with Crippen LogP contribution in [0.1, 0.15) is 30.9 Å². The van der Waals surface area contributed by atoms with Gasteiger partial charge in [-0.1, -0.05) is 43.3 Å². The van der Waals surface area contributed by atoms with Gasteiger partial charge in [-0.15, -0.1) is 0 Å². The molecule has 1 atom stereocenters. The van der Waals surface area contributed by atoms with E-state index >= 15 is 0 Å². The highest BCUT2D eigenvalue weighted by Gasteiger charge is 2.53. The summed E-state index contributed by atoms with van der Waals surface area (Å²) in [6, 6.07) is 19.4. The number of hydrogen-bond donors (Lipinski definition) is 1. The predicted molar refractivity (Wildman–Crippen MR) is 151 cm³/mol. The molecule has 0 aliphatic carbocycles. The van der Waals surface area contributed by atoms with Gasteiger partial charge in [0.1, 0.15) is 11.4 Å². The normalized spacial score (nSPS) is 18.7. The average Bonchev–Trinajstić information content (AvgIpc) is 3.16. The average molecular weight is 519 g/mol. The number of aliphatic hydroxyl groups is 1. The van der Waals surface area contributed by atoms with Crippen LogP contribution in [0, 0.1) is 12.7 Å². The van der Waals surface area contributed by atoms with E-state index in [2.05, 4.69) is 53.1 Å². The summed E-state index contributed by atoms with van der Waals surface area (Å²) in [4.78, 5) is 22.4. The fourth-order valence-electron chi connectivity index (χ4n) is 6.23. The Balaban J connectivity index is 1.36. The molecule has 3 aromatic rings. The number of amides is 1. The summed E-state index contributed by atoms with van der Waals surface area (Å²) in [6.45, 7) is 8.69. The monoisotopic (exact) mass is 518 g/mol. The van der Waals surface area contributed by atoms with Crippen molar-refractivity contribution in [1.29, 1.82) is 0 Å². The van der Waals surface area contributed by atoms with Gasteiger partial charge in [0, 0.05) is 38.4 Å². The number of rotatable bonds is 8. The molecule has 2 saturated heterocycles. The molecular formula is C31H39FN4O2. The second-order valence-corrected chi connectivity index (χ2v) is 11.0. The highest BCUT2D eigenvalue weighted by Crippen LogP contribution is 2.40. The molecule has 3 aromatic carbocycles. The molecule has 2 fully saturated rings. The molecular weight excluding hydrogens is 479 g/mol. The lowest BCUT2D eigenvalue weighted by Gasteiger charge is -2.43. The number of aryl methyl sites for hydroxylation is 1. The Morgan fingerprint density at radius 2 is 1.74 bits per heavy atom. The summed E-state index contributed by atoms with van der Waals surface area (Å²) in [7, 11) is 1.97. The van der Waals surface area contributed by atoms with Gasteiger partial charge in [0.2, 0.25) is 5.91 Å². The summed E-state index contributed by atoms with van der Waals surface area (Å²) < 4.78 is 13.7. The number of carbonyl (C=O) groups excluding carboxylic acids is 1. The smallest absolute Gasteiger partial charge is 0.250 e. The predicted octanol–water partition coefficient (Wildman–Crippen LogP) is 4.24. The van der Waals surface area contributed by atoms with Gasteiger partial charge in [0.05, 0.1) is 12.8 Å². The van der Waals surface area contributed by atoms with Crippen molar-refractivity contribution in [2.45, 2.75) is 44.9 Å². The van der Waals surface area contributed by atoms with E-state index in [9.17, 15) is 14.3 Å². The Morgan fingerprint density at radius 3 is 2.42 bits per heavy atom. The number of aliphatic hydroxyl groups excluding tert-OH is 1. The quantitative estimate of drug-likeness (QED) is 0.484. The van der Waals surface area contributed by atoms with Gasteiger partial charge >= 0.3 is 0 Å². The number of anilines is 1. The lowest BCUT2D eigenvalue weighted by atomic mass is 9.85. The number of likely N-dealkylation sites (tertiary alicyclic amines) is 1. The van der Waals surface area contributed by atoms with Gasteiger partial charge < -0.3 is 19.8 Å². The molecule has 6 nitrogen and oxygen atoms in total. The van der Waals surface area contributed by atoms with Crippen molar-refractivity contribution in [2.24, 2.45) is 0 Å². The number of halogens is 1. The molecule has 5 rings (SSSR count). The largest absolute Gasteiger partial charge is 0.390 e. The van der Waals surface area contributed by atoms with Crippen molar-refractivity contribution in [1.82, 2.24) is 14.7 Å². The summed E-state index contributed by atoms with van der Waals surface area (Å²) in [5.41, 5.74) is 2.76. The van der Waals surface area contributed by atoms with Crippen molar-refractivity contribution in [3.63, 3.8) is 0 Å². The van der Waals surface area contributed by atoms with Gasteiger partial charge in [-0.05, 0) is 79.5 Å². The highest BCUT2D eigenvalue weighted by atomic mass is 19.1. The lowest BCUT2D eigenvalue weighted by molar-refractivity contribution is -0.134. The summed E-state index contributed by atoms with van der Waals surface area (Å²) >= 11 is 0. The Hall–Kier alpha value is -3.00. The third-order valence-corrected chi connectivity index (χ3v) is 8.42. The van der Waals surface area contributed by atoms with Gasteiger partial charge in [-0.3, -0.25) is 9.69 Å². The summed E-state index contributed by atoms with van der Waals surface area (Å²) in [6.07, 6.45) is 0.756. The van der Waals surface area contributed by atoms with E-state index in [1.165, 1.54) is 34.0 Å². The van der Waals surface area contributed by atoms with E-state index in [0.717, 1.165) is 31.9 Å². The molecule has 202 valence electrons. The molecule has 2 aliphatic rings. The first-order chi connectivity index (χ1) is 18.3. The van der Waals surface area contributed by atoms with Crippen molar-refractivity contribution < 1.29 is 14.3 Å². The maximum Gasteiger partial charge on any atom is 0.250 e. The maximum absolute atomic E-state index is 14.0. The zero-order valence-corrected chi connectivity index (χ0v) is 22.7. The zero-order valence-electron chi connectivity index (χ0n) is 22.7. The van der Waals surface area contributed by atoms with Crippen LogP contribution in [0.25, 0.3) is 10.8 Å². The van der Waals surface area contributed by atoms with Crippen LogP contribution in [-0.2, 0) is 11.3 Å². The molecule has 0 saturated carbocycles. The molecule has 38 heavy (non-hydrogen) atoms. The van der Waals surface area contributed by atoms with E-state index in [0.29, 0.717) is 32.6 Å². The minimum atomic E-state index is -0.681. The molecule has 7 heteroatoms. The van der Waals surface area contributed by atoms with Crippen LogP contribution in [-0.4, -0.2) is 83.8 Å².